The van der Waals surface area contributed by atoms with Crippen LogP contribution < -0.4 is 5.32 Å². The molecule has 0 saturated heterocycles. The van der Waals surface area contributed by atoms with Crippen LogP contribution in [0.4, 0.5) is 19.1 Å². The third-order valence-corrected chi connectivity index (χ3v) is 4.72. The number of hydrogen-bond donors (Lipinski definition) is 2. The number of anilines is 1. The molecule has 1 heterocycles. The zero-order valence-corrected chi connectivity index (χ0v) is 16.4. The highest BCUT2D eigenvalue weighted by Crippen LogP contribution is 2.31. The van der Waals surface area contributed by atoms with Crippen LogP contribution in [0.25, 0.3) is 11.0 Å². The standard InChI is InChI=1S/C19H26F3N3O2/c1-11(17(2,3)4)15(26)24-16-23-13-8-7-12(18(5,6)27)9-14(13)25(16)10-19(20,21)22/h7-9,11,27H,10H2,1-6H3,(H,23,24,26)/t11-/m1/s1. The zero-order valence-electron chi connectivity index (χ0n) is 16.4. The number of benzene rings is 1. The number of carbonyl (C=O) groups excluding carboxylic acids is 1. The maximum absolute atomic E-state index is 13.1. The van der Waals surface area contributed by atoms with Crippen molar-refractivity contribution in [2.24, 2.45) is 11.3 Å². The molecule has 0 spiro atoms. The Labute approximate surface area is 156 Å². The van der Waals surface area contributed by atoms with Gasteiger partial charge in [-0.05, 0) is 37.0 Å². The van der Waals surface area contributed by atoms with E-state index in [-0.39, 0.29) is 16.9 Å². The highest BCUT2D eigenvalue weighted by molar-refractivity contribution is 5.93. The van der Waals surface area contributed by atoms with Gasteiger partial charge in [0.2, 0.25) is 11.9 Å². The number of nitrogens with zero attached hydrogens (tertiary/aromatic N) is 2. The van der Waals surface area contributed by atoms with E-state index in [0.717, 1.165) is 4.57 Å². The minimum Gasteiger partial charge on any atom is -0.386 e. The topological polar surface area (TPSA) is 67.2 Å². The van der Waals surface area contributed by atoms with E-state index in [1.54, 1.807) is 32.9 Å². The summed E-state index contributed by atoms with van der Waals surface area (Å²) in [7, 11) is 0. The molecule has 0 bridgehead atoms. The Bertz CT molecular complexity index is 843. The zero-order chi connectivity index (χ0) is 20.8. The summed E-state index contributed by atoms with van der Waals surface area (Å²) in [5.74, 6) is -0.983. The van der Waals surface area contributed by atoms with Gasteiger partial charge in [0.15, 0.2) is 0 Å². The van der Waals surface area contributed by atoms with Crippen molar-refractivity contribution < 1.29 is 23.1 Å². The molecule has 0 aliphatic rings. The molecular weight excluding hydrogens is 359 g/mol. The number of hydrogen-bond acceptors (Lipinski definition) is 3. The number of nitrogens with one attached hydrogen (secondary N) is 1. The second-order valence-electron chi connectivity index (χ2n) is 8.48. The lowest BCUT2D eigenvalue weighted by atomic mass is 9.81. The maximum Gasteiger partial charge on any atom is 0.406 e. The first-order valence-corrected chi connectivity index (χ1v) is 8.70. The van der Waals surface area contributed by atoms with Gasteiger partial charge in [0, 0.05) is 5.92 Å². The van der Waals surface area contributed by atoms with E-state index in [9.17, 15) is 23.1 Å². The molecular formula is C19H26F3N3O2. The van der Waals surface area contributed by atoms with Crippen molar-refractivity contribution in [1.29, 1.82) is 0 Å². The lowest BCUT2D eigenvalue weighted by molar-refractivity contribution is -0.139. The third-order valence-electron chi connectivity index (χ3n) is 4.72. The number of carbonyl (C=O) groups is 1. The van der Waals surface area contributed by atoms with Crippen LogP contribution in [0.5, 0.6) is 0 Å². The first-order chi connectivity index (χ1) is 12.1. The molecule has 150 valence electrons. The first kappa shape index (κ1) is 21.2. The Balaban J connectivity index is 2.54. The van der Waals surface area contributed by atoms with Gasteiger partial charge in [-0.15, -0.1) is 0 Å². The van der Waals surface area contributed by atoms with Gasteiger partial charge in [-0.2, -0.15) is 13.2 Å². The Hall–Kier alpha value is -2.09. The van der Waals surface area contributed by atoms with Crippen molar-refractivity contribution in [1.82, 2.24) is 9.55 Å². The molecule has 5 nitrogen and oxygen atoms in total. The Morgan fingerprint density at radius 3 is 2.30 bits per heavy atom. The van der Waals surface area contributed by atoms with Crippen LogP contribution >= 0.6 is 0 Å². The van der Waals surface area contributed by atoms with E-state index < -0.39 is 30.1 Å². The minimum absolute atomic E-state index is 0.156. The fraction of sp³-hybridized carbons (Fsp3) is 0.579. The van der Waals surface area contributed by atoms with Gasteiger partial charge in [0.25, 0.3) is 0 Å². The summed E-state index contributed by atoms with van der Waals surface area (Å²) < 4.78 is 40.3. The van der Waals surface area contributed by atoms with Crippen molar-refractivity contribution in [3.05, 3.63) is 23.8 Å². The predicted molar refractivity (Wildman–Crippen MR) is 98.3 cm³/mol. The van der Waals surface area contributed by atoms with Gasteiger partial charge >= 0.3 is 6.18 Å². The van der Waals surface area contributed by atoms with Crippen molar-refractivity contribution in [3.8, 4) is 0 Å². The van der Waals surface area contributed by atoms with Crippen LogP contribution in [0, 0.1) is 11.3 Å². The number of fused-ring (bicyclic) bond motifs is 1. The molecule has 1 aromatic heterocycles. The van der Waals surface area contributed by atoms with Gasteiger partial charge in [-0.3, -0.25) is 10.1 Å². The number of aliphatic hydroxyl groups is 1. The fourth-order valence-electron chi connectivity index (χ4n) is 2.55. The molecule has 0 saturated carbocycles. The average Bonchev–Trinajstić information content (AvgIpc) is 2.79. The van der Waals surface area contributed by atoms with Crippen LogP contribution in [0.15, 0.2) is 18.2 Å². The van der Waals surface area contributed by atoms with Crippen LogP contribution in [-0.4, -0.2) is 26.7 Å². The first-order valence-electron chi connectivity index (χ1n) is 8.70. The van der Waals surface area contributed by atoms with E-state index in [2.05, 4.69) is 10.3 Å². The van der Waals surface area contributed by atoms with Gasteiger partial charge in [-0.1, -0.05) is 33.8 Å². The summed E-state index contributed by atoms with van der Waals surface area (Å²) in [5, 5.41) is 12.7. The van der Waals surface area contributed by atoms with Gasteiger partial charge in [0.05, 0.1) is 16.6 Å². The van der Waals surface area contributed by atoms with Crippen molar-refractivity contribution in [2.75, 3.05) is 5.32 Å². The molecule has 2 rings (SSSR count). The highest BCUT2D eigenvalue weighted by Gasteiger charge is 2.33. The summed E-state index contributed by atoms with van der Waals surface area (Å²) >= 11 is 0. The third kappa shape index (κ3) is 5.00. The predicted octanol–water partition coefficient (Wildman–Crippen LogP) is 4.45. The number of alkyl halides is 3. The van der Waals surface area contributed by atoms with E-state index in [0.29, 0.717) is 11.1 Å². The summed E-state index contributed by atoms with van der Waals surface area (Å²) in [6.07, 6.45) is -4.49. The second kappa shape index (κ2) is 6.82. The summed E-state index contributed by atoms with van der Waals surface area (Å²) in [6, 6.07) is 4.62. The molecule has 0 radical (unpaired) electrons. The van der Waals surface area contributed by atoms with Crippen molar-refractivity contribution in [2.45, 2.75) is 59.9 Å². The molecule has 0 aliphatic heterocycles. The molecule has 2 aromatic rings. The van der Waals surface area contributed by atoms with E-state index in [4.69, 9.17) is 0 Å². The number of aromatic nitrogens is 2. The molecule has 1 aromatic carbocycles. The maximum atomic E-state index is 13.1. The molecule has 2 N–H and O–H groups in total. The largest absolute Gasteiger partial charge is 0.406 e. The Morgan fingerprint density at radius 2 is 1.81 bits per heavy atom. The number of amides is 1. The normalized spacial score (nSPS) is 14.4. The summed E-state index contributed by atoms with van der Waals surface area (Å²) in [4.78, 5) is 16.7. The number of imidazole rings is 1. The van der Waals surface area contributed by atoms with Crippen molar-refractivity contribution >= 4 is 22.9 Å². The molecule has 0 unspecified atom stereocenters. The summed E-state index contributed by atoms with van der Waals surface area (Å²) in [6.45, 7) is 9.16. The Kier molecular flexibility index (Phi) is 5.35. The number of halogens is 3. The smallest absolute Gasteiger partial charge is 0.386 e. The molecule has 27 heavy (non-hydrogen) atoms. The van der Waals surface area contributed by atoms with E-state index >= 15 is 0 Å². The molecule has 1 amide bonds. The highest BCUT2D eigenvalue weighted by atomic mass is 19.4. The molecule has 8 heteroatoms. The fourth-order valence-corrected chi connectivity index (χ4v) is 2.55. The van der Waals surface area contributed by atoms with Crippen LogP contribution in [0.2, 0.25) is 0 Å². The lowest BCUT2D eigenvalue weighted by Gasteiger charge is -2.26. The summed E-state index contributed by atoms with van der Waals surface area (Å²) in [5.41, 5.74) is -0.596. The molecule has 0 aliphatic carbocycles. The number of rotatable bonds is 4. The van der Waals surface area contributed by atoms with E-state index in [1.807, 2.05) is 20.8 Å². The minimum atomic E-state index is -4.49. The van der Waals surface area contributed by atoms with Crippen molar-refractivity contribution in [3.63, 3.8) is 0 Å². The lowest BCUT2D eigenvalue weighted by Crippen LogP contribution is -2.32. The molecule has 0 fully saturated rings. The van der Waals surface area contributed by atoms with Gasteiger partial charge in [0.1, 0.15) is 6.54 Å². The van der Waals surface area contributed by atoms with Crippen LogP contribution in [0.1, 0.15) is 47.1 Å². The monoisotopic (exact) mass is 385 g/mol. The van der Waals surface area contributed by atoms with Gasteiger partial charge < -0.3 is 9.67 Å². The van der Waals surface area contributed by atoms with Crippen LogP contribution in [0.3, 0.4) is 0 Å². The SMILES string of the molecule is C[C@H](C(=O)Nc1nc2ccc(C(C)(C)O)cc2n1CC(F)(F)F)C(C)(C)C. The van der Waals surface area contributed by atoms with E-state index in [1.165, 1.54) is 6.07 Å². The second-order valence-corrected chi connectivity index (χ2v) is 8.48. The quantitative estimate of drug-likeness (QED) is 0.817. The van der Waals surface area contributed by atoms with Crippen LogP contribution in [-0.2, 0) is 16.9 Å². The Morgan fingerprint density at radius 1 is 1.22 bits per heavy atom. The van der Waals surface area contributed by atoms with Gasteiger partial charge in [-0.25, -0.2) is 4.98 Å². The molecule has 1 atom stereocenters. The average molecular weight is 385 g/mol.